The van der Waals surface area contributed by atoms with Gasteiger partial charge in [-0.25, -0.2) is 0 Å². The van der Waals surface area contributed by atoms with Gasteiger partial charge in [0, 0.05) is 0 Å². The summed E-state index contributed by atoms with van der Waals surface area (Å²) in [6, 6.07) is 0. The second kappa shape index (κ2) is 9.77. The molecule has 1 saturated carbocycles. The molecule has 12 heteroatoms. The molecule has 0 spiro atoms. The average Bonchev–Trinajstić information content (AvgIpc) is 2.78. The number of ether oxygens (including phenoxy) is 5. The molecule has 2 bridgehead atoms. The van der Waals surface area contributed by atoms with Crippen LogP contribution < -0.4 is 0 Å². The molecule has 12 nitrogen and oxygen atoms in total. The van der Waals surface area contributed by atoms with E-state index in [0.29, 0.717) is 6.42 Å². The Labute approximate surface area is 198 Å². The van der Waals surface area contributed by atoms with Crippen molar-refractivity contribution in [2.24, 2.45) is 5.92 Å². The van der Waals surface area contributed by atoms with E-state index in [4.69, 9.17) is 23.7 Å². The summed E-state index contributed by atoms with van der Waals surface area (Å²) in [7, 11) is 0. The van der Waals surface area contributed by atoms with Crippen LogP contribution in [0.4, 0.5) is 0 Å². The summed E-state index contributed by atoms with van der Waals surface area (Å²) in [5.41, 5.74) is -0.888. The van der Waals surface area contributed by atoms with E-state index in [1.807, 2.05) is 20.8 Å². The van der Waals surface area contributed by atoms with Crippen LogP contribution >= 0.6 is 0 Å². The first-order valence-electron chi connectivity index (χ1n) is 11.9. The Balaban J connectivity index is 1.40. The number of fused-ring (bicyclic) bond motifs is 3. The normalized spacial score (nSPS) is 53.1. The van der Waals surface area contributed by atoms with Crippen molar-refractivity contribution in [1.82, 2.24) is 0 Å². The Morgan fingerprint density at radius 1 is 0.794 bits per heavy atom. The van der Waals surface area contributed by atoms with Gasteiger partial charge in [-0.3, -0.25) is 0 Å². The zero-order valence-corrected chi connectivity index (χ0v) is 19.6. The molecule has 0 aromatic rings. The van der Waals surface area contributed by atoms with E-state index in [2.05, 4.69) is 0 Å². The third kappa shape index (κ3) is 4.76. The van der Waals surface area contributed by atoms with Crippen LogP contribution in [-0.2, 0) is 23.7 Å². The monoisotopic (exact) mass is 494 g/mol. The SMILES string of the molecule is CC1(C)O[C@@]2(C)CC[C@@H]1C[C@@H]2O[C@@H]1O[C@H](CO[C@@H]2O[C@H](CO)[C@@H](O)[C@H](O)[C@H]2O)[C@@H](O)[C@H](O)[C@H]1O. The van der Waals surface area contributed by atoms with Gasteiger partial charge in [0.05, 0.1) is 30.5 Å². The first-order valence-corrected chi connectivity index (χ1v) is 11.9. The molecule has 4 aliphatic heterocycles. The Kier molecular flexibility index (Phi) is 7.63. The molecule has 34 heavy (non-hydrogen) atoms. The standard InChI is InChI=1S/C22H38O12/c1-21(2)9-4-5-22(3,34-21)12(6-9)33-20-18(29)16(27)14(25)11(32-20)8-30-19-17(28)15(26)13(24)10(7-23)31-19/h9-20,23-29H,4-8H2,1-3H3/t9-,10-,11-,12+,13-,14-,15+,16+,17-,18-,19-,20+,22+/m1/s1. The number of rotatable bonds is 6. The molecule has 0 radical (unpaired) electrons. The maximum atomic E-state index is 10.5. The Morgan fingerprint density at radius 2 is 1.38 bits per heavy atom. The lowest BCUT2D eigenvalue weighted by atomic mass is 9.67. The second-order valence-electron chi connectivity index (χ2n) is 10.7. The predicted molar refractivity (Wildman–Crippen MR) is 112 cm³/mol. The molecule has 0 unspecified atom stereocenters. The first kappa shape index (κ1) is 26.6. The van der Waals surface area contributed by atoms with Gasteiger partial charge in [-0.05, 0) is 46.0 Å². The third-order valence-electron chi connectivity index (χ3n) is 7.89. The molecule has 198 valence electrons. The minimum Gasteiger partial charge on any atom is -0.394 e. The van der Waals surface area contributed by atoms with Crippen molar-refractivity contribution < 1.29 is 59.4 Å². The van der Waals surface area contributed by atoms with Gasteiger partial charge in [0.1, 0.15) is 48.8 Å². The van der Waals surface area contributed by atoms with Crippen LogP contribution in [0.15, 0.2) is 0 Å². The number of hydrogen-bond donors (Lipinski definition) is 7. The molecule has 5 rings (SSSR count). The van der Waals surface area contributed by atoms with Gasteiger partial charge in [-0.2, -0.15) is 0 Å². The number of hydrogen-bond acceptors (Lipinski definition) is 12. The third-order valence-corrected chi connectivity index (χ3v) is 7.89. The van der Waals surface area contributed by atoms with Gasteiger partial charge < -0.3 is 59.4 Å². The summed E-state index contributed by atoms with van der Waals surface area (Å²) in [6.07, 6.45) is -12.4. The van der Waals surface area contributed by atoms with Crippen LogP contribution in [0.3, 0.4) is 0 Å². The molecule has 5 aliphatic rings. The molecule has 1 aliphatic carbocycles. The highest BCUT2D eigenvalue weighted by molar-refractivity contribution is 5.04. The molecular weight excluding hydrogens is 456 g/mol. The van der Waals surface area contributed by atoms with Crippen molar-refractivity contribution in [3.8, 4) is 0 Å². The Morgan fingerprint density at radius 3 is 1.97 bits per heavy atom. The van der Waals surface area contributed by atoms with E-state index in [1.165, 1.54) is 0 Å². The molecule has 0 amide bonds. The zero-order valence-electron chi connectivity index (χ0n) is 19.6. The van der Waals surface area contributed by atoms with Crippen LogP contribution in [0.1, 0.15) is 40.0 Å². The molecular formula is C22H38O12. The number of aliphatic hydroxyl groups excluding tert-OH is 7. The highest BCUT2D eigenvalue weighted by atomic mass is 16.7. The lowest BCUT2D eigenvalue weighted by Crippen LogP contribution is -2.65. The summed E-state index contributed by atoms with van der Waals surface area (Å²) in [5.74, 6) is 0.265. The first-order chi connectivity index (χ1) is 15.9. The van der Waals surface area contributed by atoms with Crippen molar-refractivity contribution in [1.29, 1.82) is 0 Å². The highest BCUT2D eigenvalue weighted by Crippen LogP contribution is 2.51. The molecule has 5 fully saturated rings. The Hall–Kier alpha value is -0.480. The molecule has 0 aromatic heterocycles. The van der Waals surface area contributed by atoms with Gasteiger partial charge in [-0.15, -0.1) is 0 Å². The summed E-state index contributed by atoms with van der Waals surface area (Å²) in [5, 5.41) is 70.6. The second-order valence-corrected chi connectivity index (χ2v) is 10.7. The minimum atomic E-state index is -1.63. The van der Waals surface area contributed by atoms with Gasteiger partial charge in [0.25, 0.3) is 0 Å². The van der Waals surface area contributed by atoms with Crippen LogP contribution in [-0.4, -0.2) is 128 Å². The quantitative estimate of drug-likeness (QED) is 0.204. The van der Waals surface area contributed by atoms with E-state index >= 15 is 0 Å². The summed E-state index contributed by atoms with van der Waals surface area (Å²) in [4.78, 5) is 0. The van der Waals surface area contributed by atoms with E-state index in [9.17, 15) is 35.7 Å². The van der Waals surface area contributed by atoms with Crippen LogP contribution in [0.25, 0.3) is 0 Å². The average molecular weight is 495 g/mol. The van der Waals surface area contributed by atoms with Crippen molar-refractivity contribution >= 4 is 0 Å². The van der Waals surface area contributed by atoms with Gasteiger partial charge in [0.2, 0.25) is 0 Å². The van der Waals surface area contributed by atoms with Crippen molar-refractivity contribution in [2.75, 3.05) is 13.2 Å². The van der Waals surface area contributed by atoms with Crippen molar-refractivity contribution in [3.05, 3.63) is 0 Å². The highest BCUT2D eigenvalue weighted by Gasteiger charge is 2.56. The Bertz CT molecular complexity index is 705. The van der Waals surface area contributed by atoms with Crippen LogP contribution in [0.5, 0.6) is 0 Å². The zero-order chi connectivity index (χ0) is 25.0. The molecule has 0 aromatic carbocycles. The summed E-state index contributed by atoms with van der Waals surface area (Å²) in [6.45, 7) is 5.03. The van der Waals surface area contributed by atoms with Gasteiger partial charge in [0.15, 0.2) is 12.6 Å². The molecule has 4 heterocycles. The maximum absolute atomic E-state index is 10.5. The lowest BCUT2D eigenvalue weighted by Gasteiger charge is -2.58. The van der Waals surface area contributed by atoms with E-state index in [-0.39, 0.29) is 11.5 Å². The fraction of sp³-hybridized carbons (Fsp3) is 1.00. The van der Waals surface area contributed by atoms with E-state index in [0.717, 1.165) is 12.8 Å². The van der Waals surface area contributed by atoms with Crippen LogP contribution in [0.2, 0.25) is 0 Å². The fourth-order valence-electron chi connectivity index (χ4n) is 5.60. The summed E-state index contributed by atoms with van der Waals surface area (Å²) >= 11 is 0. The van der Waals surface area contributed by atoms with Gasteiger partial charge >= 0.3 is 0 Å². The van der Waals surface area contributed by atoms with E-state index in [1.54, 1.807) is 0 Å². The molecule has 7 N–H and O–H groups in total. The number of aliphatic hydroxyl groups is 7. The molecule has 13 atom stereocenters. The van der Waals surface area contributed by atoms with Crippen molar-refractivity contribution in [2.45, 2.75) is 119 Å². The maximum Gasteiger partial charge on any atom is 0.187 e. The van der Waals surface area contributed by atoms with Gasteiger partial charge in [-0.1, -0.05) is 0 Å². The molecule has 4 saturated heterocycles. The van der Waals surface area contributed by atoms with E-state index < -0.39 is 86.3 Å². The smallest absolute Gasteiger partial charge is 0.187 e. The minimum absolute atomic E-state index is 0.265. The fourth-order valence-corrected chi connectivity index (χ4v) is 5.60. The topological polar surface area (TPSA) is 188 Å². The van der Waals surface area contributed by atoms with Crippen molar-refractivity contribution in [3.63, 3.8) is 0 Å². The lowest BCUT2D eigenvalue weighted by molar-refractivity contribution is -0.361. The largest absolute Gasteiger partial charge is 0.394 e. The summed E-state index contributed by atoms with van der Waals surface area (Å²) < 4.78 is 28.9. The van der Waals surface area contributed by atoms with Crippen LogP contribution in [0, 0.1) is 5.92 Å². The predicted octanol–water partition coefficient (Wildman–Crippen LogP) is -2.64.